The molecule has 2 nitrogen and oxygen atoms in total. The Morgan fingerprint density at radius 2 is 1.78 bits per heavy atom. The van der Waals surface area contributed by atoms with E-state index in [9.17, 15) is 0 Å². The number of quaternary nitrogens is 1. The number of hydrogen-bond acceptors (Lipinski definition) is 1. The summed E-state index contributed by atoms with van der Waals surface area (Å²) in [5, 5.41) is 0. The molecule has 0 aliphatic heterocycles. The Hall–Kier alpha value is -0.0800. The van der Waals surface area contributed by atoms with Crippen molar-refractivity contribution in [3.05, 3.63) is 0 Å². The molecule has 0 spiro atoms. The maximum atomic E-state index is 5.73. The highest BCUT2D eigenvalue weighted by molar-refractivity contribution is 4.72. The van der Waals surface area contributed by atoms with E-state index in [0.29, 0.717) is 6.04 Å². The summed E-state index contributed by atoms with van der Waals surface area (Å²) in [6.07, 6.45) is 5.07. The van der Waals surface area contributed by atoms with Gasteiger partial charge < -0.3 is 11.5 Å². The third kappa shape index (κ3) is 1.95. The van der Waals surface area contributed by atoms with Crippen LogP contribution in [-0.2, 0) is 0 Å². The van der Waals surface area contributed by atoms with E-state index in [4.69, 9.17) is 5.73 Å². The minimum absolute atomic E-state index is 0.493. The van der Waals surface area contributed by atoms with Gasteiger partial charge in [0.05, 0.1) is 6.54 Å². The molecular weight excluding hydrogens is 112 g/mol. The molecule has 0 heterocycles. The van der Waals surface area contributed by atoms with Crippen LogP contribution in [0.15, 0.2) is 0 Å². The molecule has 0 radical (unpaired) electrons. The van der Waals surface area contributed by atoms with E-state index in [1.807, 2.05) is 0 Å². The van der Waals surface area contributed by atoms with Crippen LogP contribution in [0, 0.1) is 5.92 Å². The summed E-state index contributed by atoms with van der Waals surface area (Å²) >= 11 is 0. The zero-order valence-electron chi connectivity index (χ0n) is 5.97. The largest absolute Gasteiger partial charge is 0.357 e. The van der Waals surface area contributed by atoms with Gasteiger partial charge >= 0.3 is 0 Å². The fourth-order valence-electron chi connectivity index (χ4n) is 1.48. The number of nitrogens with two attached hydrogens (primary N) is 1. The molecule has 0 atom stereocenters. The van der Waals surface area contributed by atoms with Crippen molar-refractivity contribution in [2.75, 3.05) is 6.54 Å². The van der Waals surface area contributed by atoms with Crippen LogP contribution in [-0.4, -0.2) is 12.6 Å². The van der Waals surface area contributed by atoms with Crippen molar-refractivity contribution in [1.82, 2.24) is 0 Å². The molecule has 1 aliphatic rings. The predicted molar refractivity (Wildman–Crippen MR) is 37.7 cm³/mol. The van der Waals surface area contributed by atoms with Crippen molar-refractivity contribution < 1.29 is 5.73 Å². The van der Waals surface area contributed by atoms with Gasteiger partial charge in [0.2, 0.25) is 0 Å². The molecule has 1 saturated carbocycles. The highest BCUT2D eigenvalue weighted by Gasteiger charge is 2.17. The van der Waals surface area contributed by atoms with E-state index < -0.39 is 0 Å². The van der Waals surface area contributed by atoms with Crippen LogP contribution in [0.1, 0.15) is 25.7 Å². The van der Waals surface area contributed by atoms with Crippen LogP contribution in [0.4, 0.5) is 0 Å². The van der Waals surface area contributed by atoms with E-state index in [2.05, 4.69) is 5.73 Å². The Kier molecular flexibility index (Phi) is 2.49. The summed E-state index contributed by atoms with van der Waals surface area (Å²) < 4.78 is 0. The Labute approximate surface area is 56.6 Å². The molecule has 0 unspecified atom stereocenters. The molecule has 1 aliphatic carbocycles. The van der Waals surface area contributed by atoms with Crippen LogP contribution >= 0.6 is 0 Å². The second kappa shape index (κ2) is 3.18. The lowest BCUT2D eigenvalue weighted by Gasteiger charge is -2.23. The molecule has 0 saturated heterocycles. The Balaban J connectivity index is 2.18. The average molecular weight is 129 g/mol. The second-order valence-electron chi connectivity index (χ2n) is 3.07. The first-order valence-electron chi connectivity index (χ1n) is 3.87. The van der Waals surface area contributed by atoms with E-state index in [1.165, 1.54) is 25.7 Å². The minimum Gasteiger partial charge on any atom is -0.357 e. The van der Waals surface area contributed by atoms with Gasteiger partial charge in [-0.3, -0.25) is 0 Å². The molecule has 0 aromatic carbocycles. The van der Waals surface area contributed by atoms with E-state index in [1.54, 1.807) is 0 Å². The molecule has 54 valence electrons. The summed E-state index contributed by atoms with van der Waals surface area (Å²) in [7, 11) is 0. The smallest absolute Gasteiger partial charge is 0.0768 e. The van der Waals surface area contributed by atoms with Gasteiger partial charge in [-0.25, -0.2) is 0 Å². The normalized spacial score (nSPS) is 36.7. The van der Waals surface area contributed by atoms with Crippen molar-refractivity contribution in [3.8, 4) is 0 Å². The first-order chi connectivity index (χ1) is 4.33. The molecular formula is C7H17N2+. The van der Waals surface area contributed by atoms with Crippen LogP contribution in [0.5, 0.6) is 0 Å². The van der Waals surface area contributed by atoms with Crippen molar-refractivity contribution >= 4 is 0 Å². The zero-order valence-corrected chi connectivity index (χ0v) is 5.97. The summed E-state index contributed by atoms with van der Waals surface area (Å²) in [5.41, 5.74) is 9.62. The minimum atomic E-state index is 0.493. The van der Waals surface area contributed by atoms with Gasteiger partial charge in [0.15, 0.2) is 0 Å². The van der Waals surface area contributed by atoms with Gasteiger partial charge in [-0.2, -0.15) is 0 Å². The van der Waals surface area contributed by atoms with Crippen molar-refractivity contribution in [1.29, 1.82) is 0 Å². The first kappa shape index (κ1) is 7.03. The van der Waals surface area contributed by atoms with Crippen LogP contribution < -0.4 is 11.5 Å². The zero-order chi connectivity index (χ0) is 6.69. The average Bonchev–Trinajstić information content (AvgIpc) is 1.90. The number of hydrogen-bond donors (Lipinski definition) is 2. The summed E-state index contributed by atoms with van der Waals surface area (Å²) in [6, 6.07) is 0.493. The molecule has 0 aromatic rings. The quantitative estimate of drug-likeness (QED) is 0.504. The molecule has 1 rings (SSSR count). The lowest BCUT2D eigenvalue weighted by Crippen LogP contribution is -2.54. The second-order valence-corrected chi connectivity index (χ2v) is 3.07. The molecule has 0 bridgehead atoms. The maximum absolute atomic E-state index is 5.73. The fraction of sp³-hybridized carbons (Fsp3) is 1.00. The lowest BCUT2D eigenvalue weighted by atomic mass is 9.87. The molecule has 0 aromatic heterocycles. The summed E-state index contributed by atoms with van der Waals surface area (Å²) in [5.74, 6) is 0.879. The van der Waals surface area contributed by atoms with Gasteiger partial charge in [0.25, 0.3) is 0 Å². The van der Waals surface area contributed by atoms with E-state index >= 15 is 0 Å². The van der Waals surface area contributed by atoms with Crippen molar-refractivity contribution in [2.24, 2.45) is 11.7 Å². The van der Waals surface area contributed by atoms with Crippen molar-refractivity contribution in [2.45, 2.75) is 31.7 Å². The molecule has 5 N–H and O–H groups in total. The monoisotopic (exact) mass is 129 g/mol. The third-order valence-electron chi connectivity index (χ3n) is 2.30. The SMILES string of the molecule is NC1CCC(C[NH3+])CC1. The maximum Gasteiger partial charge on any atom is 0.0768 e. The van der Waals surface area contributed by atoms with E-state index in [0.717, 1.165) is 12.5 Å². The Bertz CT molecular complexity index is 75.0. The van der Waals surface area contributed by atoms with Gasteiger partial charge in [0.1, 0.15) is 0 Å². The molecule has 1 fully saturated rings. The molecule has 2 heteroatoms. The first-order valence-corrected chi connectivity index (χ1v) is 3.87. The lowest BCUT2D eigenvalue weighted by molar-refractivity contribution is -0.380. The third-order valence-corrected chi connectivity index (χ3v) is 2.30. The highest BCUT2D eigenvalue weighted by atomic mass is 14.6. The predicted octanol–water partition coefficient (Wildman–Crippen LogP) is -0.254. The summed E-state index contributed by atoms with van der Waals surface area (Å²) in [6.45, 7) is 1.10. The van der Waals surface area contributed by atoms with E-state index in [-0.39, 0.29) is 0 Å². The fourth-order valence-corrected chi connectivity index (χ4v) is 1.48. The highest BCUT2D eigenvalue weighted by Crippen LogP contribution is 2.21. The topological polar surface area (TPSA) is 53.7 Å². The van der Waals surface area contributed by atoms with Crippen molar-refractivity contribution in [3.63, 3.8) is 0 Å². The number of rotatable bonds is 1. The molecule has 0 amide bonds. The van der Waals surface area contributed by atoms with Gasteiger partial charge in [-0.15, -0.1) is 0 Å². The van der Waals surface area contributed by atoms with Gasteiger partial charge in [-0.05, 0) is 25.7 Å². The standard InChI is InChI=1S/C7H16N2/c8-5-6-1-3-7(9)4-2-6/h6-7H,1-5,8-9H2/p+1. The van der Waals surface area contributed by atoms with Crippen LogP contribution in [0.2, 0.25) is 0 Å². The molecule has 9 heavy (non-hydrogen) atoms. The van der Waals surface area contributed by atoms with Crippen LogP contribution in [0.25, 0.3) is 0 Å². The van der Waals surface area contributed by atoms with Gasteiger partial charge in [-0.1, -0.05) is 0 Å². The van der Waals surface area contributed by atoms with Crippen LogP contribution in [0.3, 0.4) is 0 Å². The summed E-state index contributed by atoms with van der Waals surface area (Å²) in [4.78, 5) is 0. The Morgan fingerprint density at radius 3 is 2.22 bits per heavy atom. The Morgan fingerprint density at radius 1 is 1.22 bits per heavy atom. The van der Waals surface area contributed by atoms with Gasteiger partial charge in [0, 0.05) is 12.0 Å².